The normalized spacial score (nSPS) is 12.5. The van der Waals surface area contributed by atoms with Gasteiger partial charge in [-0.2, -0.15) is 0 Å². The van der Waals surface area contributed by atoms with E-state index in [2.05, 4.69) is 11.2 Å². The Morgan fingerprint density at radius 1 is 1.70 bits per heavy atom. The molecule has 10 heavy (non-hydrogen) atoms. The zero-order valence-electron chi connectivity index (χ0n) is 6.43. The fourth-order valence-corrected chi connectivity index (χ4v) is 0.676. The molecule has 2 heteroatoms. The molecule has 0 saturated carbocycles. The molecule has 0 aliphatic rings. The monoisotopic (exact) mass is 141 g/mol. The Bertz CT molecular complexity index is 106. The van der Waals surface area contributed by atoms with Gasteiger partial charge in [-0.1, -0.05) is 12.8 Å². The molecule has 0 aromatic rings. The molecule has 2 N–H and O–H groups in total. The fraction of sp³-hybridized carbons (Fsp3) is 0.750. The molecule has 0 bridgehead atoms. The van der Waals surface area contributed by atoms with E-state index in [0.29, 0.717) is 0 Å². The first kappa shape index (κ1) is 9.48. The lowest BCUT2D eigenvalue weighted by Gasteiger charge is -2.08. The molecule has 0 aromatic carbocycles. The summed E-state index contributed by atoms with van der Waals surface area (Å²) in [4.78, 5) is 0. The number of aliphatic hydroxyl groups is 1. The number of hydrogen-bond acceptors (Lipinski definition) is 2. The number of rotatable bonds is 5. The molecule has 0 amide bonds. The number of hydrogen-bond donors (Lipinski definition) is 2. The van der Waals surface area contributed by atoms with Gasteiger partial charge in [-0.3, -0.25) is 0 Å². The Morgan fingerprint density at radius 3 is 2.80 bits per heavy atom. The zero-order valence-corrected chi connectivity index (χ0v) is 6.43. The van der Waals surface area contributed by atoms with Crippen LogP contribution in [0.4, 0.5) is 0 Å². The average Bonchev–Trinajstić information content (AvgIpc) is 1.99. The van der Waals surface area contributed by atoms with Crippen molar-refractivity contribution in [1.29, 1.82) is 0 Å². The predicted octanol–water partition coefficient (Wildman–Crippen LogP) is 0.370. The van der Waals surface area contributed by atoms with Gasteiger partial charge >= 0.3 is 0 Å². The van der Waals surface area contributed by atoms with E-state index in [9.17, 15) is 0 Å². The average molecular weight is 141 g/mol. The Labute approximate surface area is 62.6 Å². The summed E-state index contributed by atoms with van der Waals surface area (Å²) in [5.74, 6) is 2.62. The minimum absolute atomic E-state index is 0.173. The maximum atomic E-state index is 8.43. The molecule has 0 aliphatic heterocycles. The first-order valence-corrected chi connectivity index (χ1v) is 3.65. The van der Waals surface area contributed by atoms with Crippen LogP contribution in [0.5, 0.6) is 0 Å². The molecule has 58 valence electrons. The van der Waals surface area contributed by atoms with Gasteiger partial charge in [-0.05, 0) is 19.4 Å². The van der Waals surface area contributed by atoms with Crippen molar-refractivity contribution < 1.29 is 5.11 Å². The smallest absolute Gasteiger partial charge is 0.0684 e. The van der Waals surface area contributed by atoms with Crippen LogP contribution in [0.2, 0.25) is 0 Å². The third kappa shape index (κ3) is 4.37. The van der Waals surface area contributed by atoms with E-state index in [4.69, 9.17) is 11.5 Å². The van der Waals surface area contributed by atoms with Crippen LogP contribution < -0.4 is 5.32 Å². The second kappa shape index (κ2) is 6.60. The second-order valence-corrected chi connectivity index (χ2v) is 2.16. The molecular weight excluding hydrogens is 126 g/mol. The Hall–Kier alpha value is -0.520. The highest BCUT2D eigenvalue weighted by Crippen LogP contribution is 1.87. The summed E-state index contributed by atoms with van der Waals surface area (Å²) >= 11 is 0. The van der Waals surface area contributed by atoms with Crippen LogP contribution in [-0.2, 0) is 0 Å². The summed E-state index contributed by atoms with van der Waals surface area (Å²) in [5.41, 5.74) is 0. The SMILES string of the molecule is C#CC(CC)NCCCO. The molecule has 1 unspecified atom stereocenters. The van der Waals surface area contributed by atoms with Gasteiger partial charge in [0.05, 0.1) is 6.04 Å². The third-order valence-corrected chi connectivity index (χ3v) is 1.34. The molecule has 0 aromatic heterocycles. The van der Waals surface area contributed by atoms with E-state index < -0.39 is 0 Å². The summed E-state index contributed by atoms with van der Waals surface area (Å²) in [6.07, 6.45) is 6.91. The Kier molecular flexibility index (Phi) is 6.25. The topological polar surface area (TPSA) is 32.3 Å². The van der Waals surface area contributed by atoms with Gasteiger partial charge in [0.1, 0.15) is 0 Å². The van der Waals surface area contributed by atoms with Gasteiger partial charge in [0.25, 0.3) is 0 Å². The standard InChI is InChI=1S/C8H15NO/c1-3-8(4-2)9-6-5-7-10/h1,8-10H,4-7H2,2H3. The van der Waals surface area contributed by atoms with Crippen LogP contribution in [0.1, 0.15) is 19.8 Å². The lowest BCUT2D eigenvalue weighted by Crippen LogP contribution is -2.28. The van der Waals surface area contributed by atoms with Crippen LogP contribution >= 0.6 is 0 Å². The quantitative estimate of drug-likeness (QED) is 0.428. The maximum absolute atomic E-state index is 8.43. The van der Waals surface area contributed by atoms with Crippen LogP contribution in [0.3, 0.4) is 0 Å². The number of terminal acetylenes is 1. The highest BCUT2D eigenvalue weighted by Gasteiger charge is 1.97. The minimum Gasteiger partial charge on any atom is -0.396 e. The molecule has 0 saturated heterocycles. The number of aliphatic hydroxyl groups excluding tert-OH is 1. The lowest BCUT2D eigenvalue weighted by atomic mass is 10.2. The van der Waals surface area contributed by atoms with Crippen molar-refractivity contribution >= 4 is 0 Å². The van der Waals surface area contributed by atoms with Gasteiger partial charge < -0.3 is 10.4 Å². The van der Waals surface area contributed by atoms with Crippen LogP contribution in [0, 0.1) is 12.3 Å². The van der Waals surface area contributed by atoms with Crippen molar-refractivity contribution in [2.24, 2.45) is 0 Å². The first-order valence-electron chi connectivity index (χ1n) is 3.65. The minimum atomic E-state index is 0.173. The first-order chi connectivity index (χ1) is 4.85. The van der Waals surface area contributed by atoms with E-state index in [-0.39, 0.29) is 12.6 Å². The van der Waals surface area contributed by atoms with Crippen molar-refractivity contribution in [3.63, 3.8) is 0 Å². The number of nitrogens with one attached hydrogen (secondary N) is 1. The second-order valence-electron chi connectivity index (χ2n) is 2.16. The molecule has 0 rings (SSSR count). The maximum Gasteiger partial charge on any atom is 0.0684 e. The van der Waals surface area contributed by atoms with Crippen LogP contribution in [0.15, 0.2) is 0 Å². The summed E-state index contributed by atoms with van der Waals surface area (Å²) in [6.45, 7) is 3.07. The van der Waals surface area contributed by atoms with E-state index in [1.807, 2.05) is 6.92 Å². The summed E-state index contributed by atoms with van der Waals surface area (Å²) < 4.78 is 0. The largest absolute Gasteiger partial charge is 0.396 e. The van der Waals surface area contributed by atoms with Gasteiger partial charge in [0.2, 0.25) is 0 Å². The highest BCUT2D eigenvalue weighted by atomic mass is 16.3. The molecule has 1 atom stereocenters. The third-order valence-electron chi connectivity index (χ3n) is 1.34. The molecule has 0 spiro atoms. The molecule has 0 heterocycles. The highest BCUT2D eigenvalue weighted by molar-refractivity contribution is 4.97. The zero-order chi connectivity index (χ0) is 7.82. The summed E-state index contributed by atoms with van der Waals surface area (Å²) in [5, 5.41) is 11.6. The van der Waals surface area contributed by atoms with Gasteiger partial charge in [-0.15, -0.1) is 6.42 Å². The van der Waals surface area contributed by atoms with Gasteiger partial charge in [0, 0.05) is 6.61 Å². The lowest BCUT2D eigenvalue weighted by molar-refractivity contribution is 0.285. The van der Waals surface area contributed by atoms with E-state index in [0.717, 1.165) is 19.4 Å². The van der Waals surface area contributed by atoms with Gasteiger partial charge in [-0.25, -0.2) is 0 Å². The molecule has 0 fully saturated rings. The van der Waals surface area contributed by atoms with Crippen LogP contribution in [-0.4, -0.2) is 24.3 Å². The summed E-state index contributed by atoms with van der Waals surface area (Å²) in [7, 11) is 0. The van der Waals surface area contributed by atoms with Crippen molar-refractivity contribution in [2.75, 3.05) is 13.2 Å². The van der Waals surface area contributed by atoms with Crippen molar-refractivity contribution in [1.82, 2.24) is 5.32 Å². The summed E-state index contributed by atoms with van der Waals surface area (Å²) in [6, 6.07) is 0.173. The van der Waals surface area contributed by atoms with E-state index >= 15 is 0 Å². The van der Waals surface area contributed by atoms with Crippen LogP contribution in [0.25, 0.3) is 0 Å². The van der Waals surface area contributed by atoms with Crippen molar-refractivity contribution in [3.8, 4) is 12.3 Å². The molecule has 0 aliphatic carbocycles. The molecule has 2 nitrogen and oxygen atoms in total. The Morgan fingerprint density at radius 2 is 2.40 bits per heavy atom. The van der Waals surface area contributed by atoms with Crippen molar-refractivity contribution in [3.05, 3.63) is 0 Å². The predicted molar refractivity (Wildman–Crippen MR) is 42.6 cm³/mol. The van der Waals surface area contributed by atoms with E-state index in [1.165, 1.54) is 0 Å². The van der Waals surface area contributed by atoms with E-state index in [1.54, 1.807) is 0 Å². The van der Waals surface area contributed by atoms with Crippen molar-refractivity contribution in [2.45, 2.75) is 25.8 Å². The van der Waals surface area contributed by atoms with Gasteiger partial charge in [0.15, 0.2) is 0 Å². The molecular formula is C8H15NO. The fourth-order valence-electron chi connectivity index (χ4n) is 0.676. The molecule has 0 radical (unpaired) electrons. The Balaban J connectivity index is 3.20.